The van der Waals surface area contributed by atoms with E-state index in [-0.39, 0.29) is 5.91 Å². The smallest absolute Gasteiger partial charge is 0.229 e. The average molecular weight is 283 g/mol. The summed E-state index contributed by atoms with van der Waals surface area (Å²) in [5.74, 6) is 0.719. The molecule has 0 radical (unpaired) electrons. The van der Waals surface area contributed by atoms with Crippen molar-refractivity contribution >= 4 is 23.1 Å². The summed E-state index contributed by atoms with van der Waals surface area (Å²) in [6.45, 7) is 7.68. The molecule has 0 aliphatic rings. The minimum atomic E-state index is -0.418. The van der Waals surface area contributed by atoms with Gasteiger partial charge in [-0.05, 0) is 31.2 Å². The van der Waals surface area contributed by atoms with Crippen molar-refractivity contribution in [1.82, 2.24) is 4.98 Å². The third kappa shape index (κ3) is 4.31. The lowest BCUT2D eigenvalue weighted by Gasteiger charge is -2.17. The number of carbonyl (C=O) groups is 1. The molecule has 0 atom stereocenters. The molecule has 0 saturated heterocycles. The van der Waals surface area contributed by atoms with Crippen LogP contribution in [0.2, 0.25) is 0 Å². The van der Waals surface area contributed by atoms with E-state index in [4.69, 9.17) is 0 Å². The zero-order valence-corrected chi connectivity index (χ0v) is 12.9. The molecule has 110 valence electrons. The summed E-state index contributed by atoms with van der Waals surface area (Å²) >= 11 is 0. The number of hydrogen-bond acceptors (Lipinski definition) is 3. The van der Waals surface area contributed by atoms with E-state index >= 15 is 0 Å². The van der Waals surface area contributed by atoms with E-state index in [1.54, 1.807) is 6.20 Å². The lowest BCUT2D eigenvalue weighted by molar-refractivity contribution is -0.123. The van der Waals surface area contributed by atoms with Crippen molar-refractivity contribution in [1.29, 1.82) is 0 Å². The van der Waals surface area contributed by atoms with Crippen molar-refractivity contribution in [2.24, 2.45) is 5.41 Å². The minimum absolute atomic E-state index is 0.0245. The Morgan fingerprint density at radius 1 is 1.00 bits per heavy atom. The Morgan fingerprint density at radius 2 is 1.62 bits per heavy atom. The fourth-order valence-corrected chi connectivity index (χ4v) is 1.65. The standard InChI is InChI=1S/C17H21N3O/c1-12-5-7-13(8-6-12)19-15-10-9-14(11-18-15)20-16(21)17(2,3)4/h5-11H,1-4H3,(H,18,19)(H,20,21). The fraction of sp³-hybridized carbons (Fsp3) is 0.294. The molecule has 2 aromatic rings. The van der Waals surface area contributed by atoms with E-state index in [2.05, 4.69) is 22.5 Å². The van der Waals surface area contributed by atoms with Crippen LogP contribution in [0.4, 0.5) is 17.2 Å². The van der Waals surface area contributed by atoms with Gasteiger partial charge in [-0.25, -0.2) is 4.98 Å². The fourth-order valence-electron chi connectivity index (χ4n) is 1.65. The number of benzene rings is 1. The lowest BCUT2D eigenvalue weighted by Crippen LogP contribution is -2.27. The molecule has 2 N–H and O–H groups in total. The number of carbonyl (C=O) groups excluding carboxylic acids is 1. The minimum Gasteiger partial charge on any atom is -0.340 e. The predicted octanol–water partition coefficient (Wildman–Crippen LogP) is 4.12. The molecule has 0 aliphatic carbocycles. The van der Waals surface area contributed by atoms with Crippen molar-refractivity contribution in [3.05, 3.63) is 48.2 Å². The average Bonchev–Trinajstić information content (AvgIpc) is 2.42. The van der Waals surface area contributed by atoms with Gasteiger partial charge in [-0.3, -0.25) is 4.79 Å². The van der Waals surface area contributed by atoms with Gasteiger partial charge in [0.2, 0.25) is 5.91 Å². The summed E-state index contributed by atoms with van der Waals surface area (Å²) in [7, 11) is 0. The second-order valence-corrected chi connectivity index (χ2v) is 6.13. The van der Waals surface area contributed by atoms with Crippen LogP contribution in [0.3, 0.4) is 0 Å². The van der Waals surface area contributed by atoms with Crippen LogP contribution in [0, 0.1) is 12.3 Å². The second-order valence-electron chi connectivity index (χ2n) is 6.13. The van der Waals surface area contributed by atoms with Crippen LogP contribution in [0.15, 0.2) is 42.6 Å². The van der Waals surface area contributed by atoms with Crippen molar-refractivity contribution in [3.63, 3.8) is 0 Å². The number of aryl methyl sites for hydroxylation is 1. The Bertz CT molecular complexity index is 610. The van der Waals surface area contributed by atoms with Gasteiger partial charge in [0.15, 0.2) is 0 Å². The number of rotatable bonds is 3. The Labute approximate surface area is 125 Å². The summed E-state index contributed by atoms with van der Waals surface area (Å²) in [6.07, 6.45) is 1.65. The third-order valence-corrected chi connectivity index (χ3v) is 3.03. The molecular weight excluding hydrogens is 262 g/mol. The van der Waals surface area contributed by atoms with E-state index in [1.165, 1.54) is 5.56 Å². The van der Waals surface area contributed by atoms with E-state index in [0.717, 1.165) is 11.5 Å². The number of nitrogens with one attached hydrogen (secondary N) is 2. The first-order chi connectivity index (χ1) is 9.84. The normalized spacial score (nSPS) is 11.0. The van der Waals surface area contributed by atoms with E-state index < -0.39 is 5.41 Å². The number of amides is 1. The summed E-state index contributed by atoms with van der Waals surface area (Å²) < 4.78 is 0. The molecular formula is C17H21N3O. The van der Waals surface area contributed by atoms with Gasteiger partial charge in [0.1, 0.15) is 5.82 Å². The molecule has 1 amide bonds. The van der Waals surface area contributed by atoms with Gasteiger partial charge in [-0.1, -0.05) is 38.5 Å². The largest absolute Gasteiger partial charge is 0.340 e. The highest BCUT2D eigenvalue weighted by Gasteiger charge is 2.21. The summed E-state index contributed by atoms with van der Waals surface area (Å²) in [4.78, 5) is 16.2. The molecule has 0 unspecified atom stereocenters. The molecule has 21 heavy (non-hydrogen) atoms. The maximum absolute atomic E-state index is 11.9. The third-order valence-electron chi connectivity index (χ3n) is 3.03. The van der Waals surface area contributed by atoms with Gasteiger partial charge in [0.05, 0.1) is 11.9 Å². The number of hydrogen-bond donors (Lipinski definition) is 2. The van der Waals surface area contributed by atoms with E-state index in [0.29, 0.717) is 5.69 Å². The Kier molecular flexibility index (Phi) is 4.26. The van der Waals surface area contributed by atoms with Crippen LogP contribution in [-0.4, -0.2) is 10.9 Å². The van der Waals surface area contributed by atoms with Crippen LogP contribution >= 0.6 is 0 Å². The van der Waals surface area contributed by atoms with Gasteiger partial charge in [0.25, 0.3) is 0 Å². The number of pyridine rings is 1. The van der Waals surface area contributed by atoms with Gasteiger partial charge in [-0.2, -0.15) is 0 Å². The maximum atomic E-state index is 11.9. The molecule has 0 bridgehead atoms. The van der Waals surface area contributed by atoms with Crippen LogP contribution < -0.4 is 10.6 Å². The molecule has 4 nitrogen and oxygen atoms in total. The molecule has 0 saturated carbocycles. The van der Waals surface area contributed by atoms with Crippen molar-refractivity contribution in [2.75, 3.05) is 10.6 Å². The number of aromatic nitrogens is 1. The van der Waals surface area contributed by atoms with Crippen LogP contribution in [-0.2, 0) is 4.79 Å². The molecule has 0 spiro atoms. The SMILES string of the molecule is Cc1ccc(Nc2ccc(NC(=O)C(C)(C)C)cn2)cc1. The molecule has 0 aliphatic heterocycles. The van der Waals surface area contributed by atoms with Gasteiger partial charge in [0, 0.05) is 11.1 Å². The zero-order valence-electron chi connectivity index (χ0n) is 12.9. The summed E-state index contributed by atoms with van der Waals surface area (Å²) in [6, 6.07) is 11.8. The highest BCUT2D eigenvalue weighted by atomic mass is 16.2. The highest BCUT2D eigenvalue weighted by Crippen LogP contribution is 2.19. The zero-order chi connectivity index (χ0) is 15.5. The maximum Gasteiger partial charge on any atom is 0.229 e. The van der Waals surface area contributed by atoms with Crippen molar-refractivity contribution in [3.8, 4) is 0 Å². The Morgan fingerprint density at radius 3 is 2.14 bits per heavy atom. The number of anilines is 3. The predicted molar refractivity (Wildman–Crippen MR) is 86.8 cm³/mol. The molecule has 4 heteroatoms. The van der Waals surface area contributed by atoms with Crippen LogP contribution in [0.25, 0.3) is 0 Å². The second kappa shape index (κ2) is 5.95. The van der Waals surface area contributed by atoms with Crippen molar-refractivity contribution in [2.45, 2.75) is 27.7 Å². The molecule has 1 aromatic carbocycles. The molecule has 2 rings (SSSR count). The summed E-state index contributed by atoms with van der Waals surface area (Å²) in [5, 5.41) is 6.07. The summed E-state index contributed by atoms with van der Waals surface area (Å²) in [5.41, 5.74) is 2.48. The monoisotopic (exact) mass is 283 g/mol. The first-order valence-electron chi connectivity index (χ1n) is 6.96. The quantitative estimate of drug-likeness (QED) is 0.891. The Balaban J connectivity index is 2.02. The van der Waals surface area contributed by atoms with E-state index in [1.807, 2.05) is 57.2 Å². The van der Waals surface area contributed by atoms with Gasteiger partial charge in [-0.15, -0.1) is 0 Å². The first-order valence-corrected chi connectivity index (χ1v) is 6.96. The topological polar surface area (TPSA) is 54.0 Å². The van der Waals surface area contributed by atoms with E-state index in [9.17, 15) is 4.79 Å². The van der Waals surface area contributed by atoms with Crippen molar-refractivity contribution < 1.29 is 4.79 Å². The first kappa shape index (κ1) is 15.0. The van der Waals surface area contributed by atoms with Crippen LogP contribution in [0.1, 0.15) is 26.3 Å². The Hall–Kier alpha value is -2.36. The molecule has 0 fully saturated rings. The van der Waals surface area contributed by atoms with Crippen LogP contribution in [0.5, 0.6) is 0 Å². The lowest BCUT2D eigenvalue weighted by atomic mass is 9.96. The highest BCUT2D eigenvalue weighted by molar-refractivity contribution is 5.94. The molecule has 1 aromatic heterocycles. The van der Waals surface area contributed by atoms with Gasteiger partial charge < -0.3 is 10.6 Å². The molecule has 1 heterocycles. The van der Waals surface area contributed by atoms with Gasteiger partial charge >= 0.3 is 0 Å². The number of nitrogens with zero attached hydrogens (tertiary/aromatic N) is 1.